The molecule has 0 N–H and O–H groups in total. The molecular weight excluding hydrogens is 280 g/mol. The van der Waals surface area contributed by atoms with Crippen LogP contribution in [-0.2, 0) is 18.8 Å². The van der Waals surface area contributed by atoms with E-state index in [4.69, 9.17) is 4.74 Å². The third kappa shape index (κ3) is 2.36. The molecule has 0 aliphatic heterocycles. The van der Waals surface area contributed by atoms with Crippen LogP contribution >= 0.6 is 0 Å². The van der Waals surface area contributed by atoms with Crippen molar-refractivity contribution in [1.82, 2.24) is 19.3 Å². The molecule has 0 spiro atoms. The Morgan fingerprint density at radius 3 is 2.64 bits per heavy atom. The summed E-state index contributed by atoms with van der Waals surface area (Å²) >= 11 is 0. The van der Waals surface area contributed by atoms with E-state index in [0.29, 0.717) is 11.3 Å². The molecule has 0 aliphatic carbocycles. The molecule has 0 saturated heterocycles. The maximum absolute atomic E-state index is 12.3. The minimum Gasteiger partial charge on any atom is -0.451 e. The van der Waals surface area contributed by atoms with E-state index in [1.54, 1.807) is 24.9 Å². The normalized spacial score (nSPS) is 12.5. The number of aromatic nitrogens is 4. The molecule has 0 fully saturated rings. The van der Waals surface area contributed by atoms with Crippen molar-refractivity contribution in [2.45, 2.75) is 20.0 Å². The molecule has 0 saturated carbocycles. The van der Waals surface area contributed by atoms with E-state index in [2.05, 4.69) is 10.1 Å². The second-order valence-corrected chi connectivity index (χ2v) is 5.37. The van der Waals surface area contributed by atoms with Crippen LogP contribution < -0.4 is 0 Å². The molecule has 2 heterocycles. The van der Waals surface area contributed by atoms with Crippen molar-refractivity contribution in [3.05, 3.63) is 47.5 Å². The van der Waals surface area contributed by atoms with Gasteiger partial charge in [0.1, 0.15) is 5.56 Å². The lowest BCUT2D eigenvalue weighted by Gasteiger charge is -2.12. The van der Waals surface area contributed by atoms with Gasteiger partial charge in [-0.1, -0.05) is 12.1 Å². The van der Waals surface area contributed by atoms with Crippen molar-refractivity contribution in [1.29, 1.82) is 0 Å². The molecule has 3 rings (SSSR count). The van der Waals surface area contributed by atoms with Gasteiger partial charge in [0.2, 0.25) is 0 Å². The lowest BCUT2D eigenvalue weighted by atomic mass is 10.2. The number of carbonyl (C=O) groups is 1. The number of carbonyl (C=O) groups excluding carboxylic acids is 1. The zero-order chi connectivity index (χ0) is 15.9. The number of benzene rings is 1. The third-order valence-electron chi connectivity index (χ3n) is 3.70. The molecule has 1 atom stereocenters. The Balaban J connectivity index is 1.87. The predicted molar refractivity (Wildman–Crippen MR) is 82.5 cm³/mol. The highest BCUT2D eigenvalue weighted by Gasteiger charge is 2.21. The fourth-order valence-electron chi connectivity index (χ4n) is 2.60. The van der Waals surface area contributed by atoms with Crippen LogP contribution in [0.1, 0.15) is 34.9 Å². The Kier molecular flexibility index (Phi) is 3.44. The van der Waals surface area contributed by atoms with E-state index in [1.165, 1.54) is 0 Å². The number of hydrogen-bond donors (Lipinski definition) is 0. The number of para-hydroxylation sites is 2. The average Bonchev–Trinajstić information content (AvgIpc) is 2.99. The first-order valence-electron chi connectivity index (χ1n) is 7.10. The van der Waals surface area contributed by atoms with Crippen LogP contribution in [0, 0.1) is 6.92 Å². The number of hydrogen-bond acceptors (Lipinski definition) is 4. The quantitative estimate of drug-likeness (QED) is 0.697. The zero-order valence-electron chi connectivity index (χ0n) is 13.1. The van der Waals surface area contributed by atoms with E-state index in [1.807, 2.05) is 42.8 Å². The maximum Gasteiger partial charge on any atom is 0.342 e. The number of rotatable bonds is 3. The zero-order valence-corrected chi connectivity index (χ0v) is 13.1. The Labute approximate surface area is 128 Å². The molecule has 0 amide bonds. The Hall–Kier alpha value is -2.63. The van der Waals surface area contributed by atoms with Gasteiger partial charge in [0.05, 0.1) is 16.7 Å². The highest BCUT2D eigenvalue weighted by Crippen LogP contribution is 2.23. The van der Waals surface area contributed by atoms with Crippen LogP contribution in [-0.4, -0.2) is 25.3 Å². The lowest BCUT2D eigenvalue weighted by Crippen LogP contribution is -2.13. The molecular formula is C16H18N4O2. The van der Waals surface area contributed by atoms with Crippen molar-refractivity contribution in [3.63, 3.8) is 0 Å². The number of aryl methyl sites for hydroxylation is 3. The highest BCUT2D eigenvalue weighted by molar-refractivity contribution is 5.90. The third-order valence-corrected chi connectivity index (χ3v) is 3.70. The van der Waals surface area contributed by atoms with Crippen molar-refractivity contribution in [3.8, 4) is 0 Å². The summed E-state index contributed by atoms with van der Waals surface area (Å²) in [6.45, 7) is 3.61. The molecule has 0 radical (unpaired) electrons. The molecule has 0 bridgehead atoms. The van der Waals surface area contributed by atoms with Gasteiger partial charge >= 0.3 is 5.97 Å². The molecule has 22 heavy (non-hydrogen) atoms. The SMILES string of the molecule is Cc1nn(C)cc1C(=O)O[C@@H](C)c1nc2ccccc2n1C. The number of esters is 1. The first-order chi connectivity index (χ1) is 10.5. The van der Waals surface area contributed by atoms with E-state index in [9.17, 15) is 4.79 Å². The molecule has 0 unspecified atom stereocenters. The average molecular weight is 298 g/mol. The van der Waals surface area contributed by atoms with Gasteiger partial charge < -0.3 is 9.30 Å². The molecule has 114 valence electrons. The Morgan fingerprint density at radius 2 is 2.00 bits per heavy atom. The second kappa shape index (κ2) is 5.29. The predicted octanol–water partition coefficient (Wildman–Crippen LogP) is 2.53. The smallest absolute Gasteiger partial charge is 0.342 e. The van der Waals surface area contributed by atoms with E-state index < -0.39 is 6.10 Å². The second-order valence-electron chi connectivity index (χ2n) is 5.37. The molecule has 0 aliphatic rings. The van der Waals surface area contributed by atoms with Gasteiger partial charge in [0.15, 0.2) is 11.9 Å². The van der Waals surface area contributed by atoms with Gasteiger partial charge in [-0.2, -0.15) is 5.10 Å². The molecule has 1 aromatic carbocycles. The topological polar surface area (TPSA) is 61.9 Å². The van der Waals surface area contributed by atoms with Crippen molar-refractivity contribution < 1.29 is 9.53 Å². The van der Waals surface area contributed by atoms with Crippen LogP contribution in [0.25, 0.3) is 11.0 Å². The summed E-state index contributed by atoms with van der Waals surface area (Å²) in [7, 11) is 3.70. The first-order valence-corrected chi connectivity index (χ1v) is 7.10. The summed E-state index contributed by atoms with van der Waals surface area (Å²) in [5, 5.41) is 4.16. The van der Waals surface area contributed by atoms with Crippen molar-refractivity contribution in [2.24, 2.45) is 14.1 Å². The van der Waals surface area contributed by atoms with Gasteiger partial charge in [-0.05, 0) is 26.0 Å². The van der Waals surface area contributed by atoms with Crippen LogP contribution in [0.2, 0.25) is 0 Å². The van der Waals surface area contributed by atoms with Gasteiger partial charge in [-0.3, -0.25) is 4.68 Å². The monoisotopic (exact) mass is 298 g/mol. The van der Waals surface area contributed by atoms with Crippen LogP contribution in [0.15, 0.2) is 30.5 Å². The number of imidazole rings is 1. The van der Waals surface area contributed by atoms with Crippen LogP contribution in [0.5, 0.6) is 0 Å². The fourth-order valence-corrected chi connectivity index (χ4v) is 2.60. The number of ether oxygens (including phenoxy) is 1. The van der Waals surface area contributed by atoms with Crippen LogP contribution in [0.4, 0.5) is 0 Å². The minimum atomic E-state index is -0.440. The molecule has 2 aromatic heterocycles. The van der Waals surface area contributed by atoms with Gasteiger partial charge in [0, 0.05) is 20.3 Å². The summed E-state index contributed by atoms with van der Waals surface area (Å²) in [5.41, 5.74) is 3.04. The summed E-state index contributed by atoms with van der Waals surface area (Å²) in [5.74, 6) is 0.334. The van der Waals surface area contributed by atoms with Gasteiger partial charge in [-0.25, -0.2) is 9.78 Å². The summed E-state index contributed by atoms with van der Waals surface area (Å²) in [6, 6.07) is 7.84. The lowest BCUT2D eigenvalue weighted by molar-refractivity contribution is 0.0314. The van der Waals surface area contributed by atoms with Crippen molar-refractivity contribution in [2.75, 3.05) is 0 Å². The Bertz CT molecular complexity index is 847. The largest absolute Gasteiger partial charge is 0.451 e. The maximum atomic E-state index is 12.3. The van der Waals surface area contributed by atoms with Crippen molar-refractivity contribution >= 4 is 17.0 Å². The summed E-state index contributed by atoms with van der Waals surface area (Å²) < 4.78 is 9.10. The first kappa shape index (κ1) is 14.3. The van der Waals surface area contributed by atoms with Gasteiger partial charge in [0.25, 0.3) is 0 Å². The van der Waals surface area contributed by atoms with Crippen LogP contribution in [0.3, 0.4) is 0 Å². The summed E-state index contributed by atoms with van der Waals surface area (Å²) in [6.07, 6.45) is 1.23. The fraction of sp³-hybridized carbons (Fsp3) is 0.312. The number of fused-ring (bicyclic) bond motifs is 1. The standard InChI is InChI=1S/C16H18N4O2/c1-10-12(9-19(3)18-10)16(21)22-11(2)15-17-13-7-5-6-8-14(13)20(15)4/h5-9,11H,1-4H3/t11-/m0/s1. The highest BCUT2D eigenvalue weighted by atomic mass is 16.5. The molecule has 6 nitrogen and oxygen atoms in total. The van der Waals surface area contributed by atoms with E-state index in [-0.39, 0.29) is 5.97 Å². The number of nitrogens with zero attached hydrogens (tertiary/aromatic N) is 4. The van der Waals surface area contributed by atoms with Gasteiger partial charge in [-0.15, -0.1) is 0 Å². The van der Waals surface area contributed by atoms with E-state index in [0.717, 1.165) is 16.9 Å². The summed E-state index contributed by atoms with van der Waals surface area (Å²) in [4.78, 5) is 16.8. The molecule has 3 aromatic rings. The Morgan fingerprint density at radius 1 is 1.27 bits per heavy atom. The minimum absolute atomic E-state index is 0.384. The molecule has 6 heteroatoms. The van der Waals surface area contributed by atoms with E-state index >= 15 is 0 Å².